The van der Waals surface area contributed by atoms with Gasteiger partial charge in [0.1, 0.15) is 0 Å². The molecule has 1 amide bonds. The molecule has 6 heteroatoms. The Balaban J connectivity index is 1.52. The summed E-state index contributed by atoms with van der Waals surface area (Å²) in [6.45, 7) is 1.81. The number of carbonyl (C=O) groups is 1. The Morgan fingerprint density at radius 1 is 1.30 bits per heavy atom. The number of amides is 1. The highest BCUT2D eigenvalue weighted by Crippen LogP contribution is 2.29. The van der Waals surface area contributed by atoms with Gasteiger partial charge in [0.15, 0.2) is 0 Å². The normalized spacial score (nSPS) is 21.7. The molecule has 1 saturated heterocycles. The molecule has 1 heterocycles. The number of likely N-dealkylation sites (tertiary alicyclic amines) is 1. The van der Waals surface area contributed by atoms with Gasteiger partial charge < -0.3 is 9.64 Å². The molecule has 0 aromatic heterocycles. The molecule has 1 atom stereocenters. The predicted molar refractivity (Wildman–Crippen MR) is 84.8 cm³/mol. The molecule has 0 radical (unpaired) electrons. The fourth-order valence-electron chi connectivity index (χ4n) is 3.16. The number of nitro benzene ring substituents is 1. The van der Waals surface area contributed by atoms with Crippen LogP contribution in [0.5, 0.6) is 0 Å². The lowest BCUT2D eigenvalue weighted by atomic mass is 9.84. The van der Waals surface area contributed by atoms with Gasteiger partial charge in [-0.25, -0.2) is 0 Å². The number of rotatable bonds is 5. The summed E-state index contributed by atoms with van der Waals surface area (Å²) in [4.78, 5) is 24.6. The van der Waals surface area contributed by atoms with Gasteiger partial charge in [-0.1, -0.05) is 18.6 Å². The van der Waals surface area contributed by atoms with Crippen LogP contribution >= 0.6 is 0 Å². The third kappa shape index (κ3) is 3.88. The summed E-state index contributed by atoms with van der Waals surface area (Å²) < 4.78 is 5.90. The van der Waals surface area contributed by atoms with E-state index in [2.05, 4.69) is 0 Å². The third-order valence-corrected chi connectivity index (χ3v) is 4.75. The smallest absolute Gasteiger partial charge is 0.269 e. The van der Waals surface area contributed by atoms with Crippen LogP contribution in [0.2, 0.25) is 0 Å². The van der Waals surface area contributed by atoms with Crippen LogP contribution in [0, 0.1) is 16.0 Å². The lowest BCUT2D eigenvalue weighted by molar-refractivity contribution is -0.385. The first kappa shape index (κ1) is 15.9. The van der Waals surface area contributed by atoms with Crippen LogP contribution in [0.15, 0.2) is 24.3 Å². The molecule has 124 valence electrons. The molecular formula is C17H22N2O4. The number of hydrogen-bond acceptors (Lipinski definition) is 4. The number of ether oxygens (including phenoxy) is 1. The molecule has 3 rings (SSSR count). The van der Waals surface area contributed by atoms with E-state index in [0.717, 1.165) is 44.2 Å². The predicted octanol–water partition coefficient (Wildman–Crippen LogP) is 2.90. The first-order valence-corrected chi connectivity index (χ1v) is 8.27. The van der Waals surface area contributed by atoms with Crippen LogP contribution in [0.3, 0.4) is 0 Å². The summed E-state index contributed by atoms with van der Waals surface area (Å²) in [7, 11) is 0. The van der Waals surface area contributed by atoms with E-state index in [1.54, 1.807) is 12.1 Å². The molecule has 1 aromatic carbocycles. The minimum atomic E-state index is -0.400. The van der Waals surface area contributed by atoms with Gasteiger partial charge in [-0.05, 0) is 31.2 Å². The number of nitrogens with zero attached hydrogens (tertiary/aromatic N) is 2. The van der Waals surface area contributed by atoms with Crippen LogP contribution in [-0.2, 0) is 16.1 Å². The van der Waals surface area contributed by atoms with E-state index >= 15 is 0 Å². The number of piperidine rings is 1. The Hall–Kier alpha value is -1.95. The van der Waals surface area contributed by atoms with Gasteiger partial charge in [0.25, 0.3) is 5.69 Å². The molecule has 23 heavy (non-hydrogen) atoms. The first-order valence-electron chi connectivity index (χ1n) is 8.27. The number of benzene rings is 1. The van der Waals surface area contributed by atoms with Crippen molar-refractivity contribution in [3.05, 3.63) is 39.9 Å². The van der Waals surface area contributed by atoms with E-state index in [4.69, 9.17) is 4.74 Å². The summed E-state index contributed by atoms with van der Waals surface area (Å²) in [5.74, 6) is 0.505. The van der Waals surface area contributed by atoms with Gasteiger partial charge in [0, 0.05) is 31.1 Å². The van der Waals surface area contributed by atoms with E-state index in [9.17, 15) is 14.9 Å². The van der Waals surface area contributed by atoms with E-state index in [0.29, 0.717) is 13.2 Å². The van der Waals surface area contributed by atoms with Crippen molar-refractivity contribution in [2.24, 2.45) is 5.92 Å². The second kappa shape index (κ2) is 7.08. The van der Waals surface area contributed by atoms with Crippen LogP contribution in [0.4, 0.5) is 5.69 Å². The SMILES string of the molecule is O=C(C1CCC1)N1CCCC(OCc2cccc([N+](=O)[O-])c2)C1. The second-order valence-corrected chi connectivity index (χ2v) is 6.41. The fourth-order valence-corrected chi connectivity index (χ4v) is 3.16. The fraction of sp³-hybridized carbons (Fsp3) is 0.588. The highest BCUT2D eigenvalue weighted by molar-refractivity contribution is 5.79. The molecule has 6 nitrogen and oxygen atoms in total. The van der Waals surface area contributed by atoms with Gasteiger partial charge in [-0.2, -0.15) is 0 Å². The second-order valence-electron chi connectivity index (χ2n) is 6.41. The van der Waals surface area contributed by atoms with Crippen molar-refractivity contribution in [1.82, 2.24) is 4.90 Å². The quantitative estimate of drug-likeness (QED) is 0.618. The Bertz CT molecular complexity index is 586. The van der Waals surface area contributed by atoms with Crippen molar-refractivity contribution in [2.75, 3.05) is 13.1 Å². The summed E-state index contributed by atoms with van der Waals surface area (Å²) in [5.41, 5.74) is 0.873. The molecule has 1 aliphatic heterocycles. The maximum atomic E-state index is 12.3. The number of non-ortho nitro benzene ring substituents is 1. The molecule has 0 bridgehead atoms. The zero-order valence-corrected chi connectivity index (χ0v) is 13.1. The summed E-state index contributed by atoms with van der Waals surface area (Å²) >= 11 is 0. The molecule has 0 N–H and O–H groups in total. The maximum absolute atomic E-state index is 12.3. The first-order chi connectivity index (χ1) is 11.1. The van der Waals surface area contributed by atoms with Crippen molar-refractivity contribution in [3.8, 4) is 0 Å². The minimum absolute atomic E-state index is 0.0204. The summed E-state index contributed by atoms with van der Waals surface area (Å²) in [5, 5.41) is 10.8. The van der Waals surface area contributed by atoms with Gasteiger partial charge in [0.2, 0.25) is 5.91 Å². The van der Waals surface area contributed by atoms with Crippen LogP contribution in [0.1, 0.15) is 37.7 Å². The number of carbonyl (C=O) groups excluding carboxylic acids is 1. The standard InChI is InChI=1S/C17H22N2O4/c20-17(14-5-2-6-14)18-9-3-8-16(11-18)23-12-13-4-1-7-15(10-13)19(21)22/h1,4,7,10,14,16H,2-3,5-6,8-9,11-12H2. The zero-order chi connectivity index (χ0) is 16.2. The molecule has 1 aromatic rings. The van der Waals surface area contributed by atoms with Crippen molar-refractivity contribution in [2.45, 2.75) is 44.8 Å². The Kier molecular flexibility index (Phi) is 4.91. The average molecular weight is 318 g/mol. The maximum Gasteiger partial charge on any atom is 0.269 e. The molecule has 0 spiro atoms. The van der Waals surface area contributed by atoms with Crippen LogP contribution in [-0.4, -0.2) is 34.9 Å². The van der Waals surface area contributed by atoms with Gasteiger partial charge in [-0.15, -0.1) is 0 Å². The minimum Gasteiger partial charge on any atom is -0.372 e. The summed E-state index contributed by atoms with van der Waals surface area (Å²) in [6.07, 6.45) is 5.12. The zero-order valence-electron chi connectivity index (χ0n) is 13.1. The summed E-state index contributed by atoms with van der Waals surface area (Å²) in [6, 6.07) is 6.51. The number of hydrogen-bond donors (Lipinski definition) is 0. The van der Waals surface area contributed by atoms with Crippen molar-refractivity contribution in [3.63, 3.8) is 0 Å². The molecule has 2 fully saturated rings. The monoisotopic (exact) mass is 318 g/mol. The molecular weight excluding hydrogens is 296 g/mol. The van der Waals surface area contributed by atoms with E-state index in [1.807, 2.05) is 11.0 Å². The largest absolute Gasteiger partial charge is 0.372 e. The van der Waals surface area contributed by atoms with Crippen molar-refractivity contribution >= 4 is 11.6 Å². The van der Waals surface area contributed by atoms with Gasteiger partial charge in [-0.3, -0.25) is 14.9 Å². The lowest BCUT2D eigenvalue weighted by Gasteiger charge is -2.37. The van der Waals surface area contributed by atoms with Gasteiger partial charge in [0.05, 0.1) is 17.6 Å². The van der Waals surface area contributed by atoms with Crippen molar-refractivity contribution < 1.29 is 14.5 Å². The van der Waals surface area contributed by atoms with Crippen molar-refractivity contribution in [1.29, 1.82) is 0 Å². The third-order valence-electron chi connectivity index (χ3n) is 4.75. The van der Waals surface area contributed by atoms with E-state index < -0.39 is 4.92 Å². The number of nitro groups is 1. The van der Waals surface area contributed by atoms with Crippen LogP contribution < -0.4 is 0 Å². The molecule has 2 aliphatic rings. The lowest BCUT2D eigenvalue weighted by Crippen LogP contribution is -2.46. The van der Waals surface area contributed by atoms with Gasteiger partial charge >= 0.3 is 0 Å². The molecule has 1 unspecified atom stereocenters. The van der Waals surface area contributed by atoms with E-state index in [-0.39, 0.29) is 23.6 Å². The Morgan fingerprint density at radius 2 is 2.13 bits per heavy atom. The Labute approximate surface area is 135 Å². The molecule has 1 saturated carbocycles. The highest BCUT2D eigenvalue weighted by atomic mass is 16.6. The van der Waals surface area contributed by atoms with Crippen LogP contribution in [0.25, 0.3) is 0 Å². The molecule has 1 aliphatic carbocycles. The average Bonchev–Trinajstić information content (AvgIpc) is 2.52. The highest BCUT2D eigenvalue weighted by Gasteiger charge is 2.32. The van der Waals surface area contributed by atoms with E-state index in [1.165, 1.54) is 6.07 Å². The topological polar surface area (TPSA) is 72.7 Å². The Morgan fingerprint density at radius 3 is 2.83 bits per heavy atom.